The summed E-state index contributed by atoms with van der Waals surface area (Å²) in [7, 11) is 11.7. The van der Waals surface area contributed by atoms with Crippen molar-refractivity contribution in [1.29, 1.82) is 0 Å². The van der Waals surface area contributed by atoms with Crippen LogP contribution in [0.1, 0.15) is 66.5 Å². The summed E-state index contributed by atoms with van der Waals surface area (Å²) in [5, 5.41) is 0. The van der Waals surface area contributed by atoms with Gasteiger partial charge in [-0.05, 0) is 46.4 Å². The summed E-state index contributed by atoms with van der Waals surface area (Å²) < 4.78 is 21.0. The zero-order chi connectivity index (χ0) is 28.3. The fraction of sp³-hybridized carbons (Fsp3) is 0.355. The van der Waals surface area contributed by atoms with Crippen molar-refractivity contribution in [3.63, 3.8) is 0 Å². The Morgan fingerprint density at radius 2 is 1.55 bits per heavy atom. The van der Waals surface area contributed by atoms with Crippen LogP contribution in [0.3, 0.4) is 0 Å². The minimum absolute atomic E-state index is 0.0207. The molecule has 0 aliphatic carbocycles. The van der Waals surface area contributed by atoms with Crippen molar-refractivity contribution in [2.45, 2.75) is 66.9 Å². The van der Waals surface area contributed by atoms with E-state index < -0.39 is 13.5 Å². The Morgan fingerprint density at radius 3 is 2.16 bits per heavy atom. The maximum absolute atomic E-state index is 14.6. The van der Waals surface area contributed by atoms with Crippen LogP contribution in [0.25, 0.3) is 0 Å². The number of benzene rings is 2. The number of fused-ring (bicyclic) bond motifs is 1. The molecule has 3 nitrogen and oxygen atoms in total. The first-order valence-corrected chi connectivity index (χ1v) is 18.1. The monoisotopic (exact) mass is 646 g/mol. The van der Waals surface area contributed by atoms with Gasteiger partial charge in [0.05, 0.1) is 0 Å². The number of aromatic hydroxyl groups is 1. The molecule has 38 heavy (non-hydrogen) atoms. The molecule has 2 aromatic carbocycles. The maximum atomic E-state index is 14.6. The van der Waals surface area contributed by atoms with Crippen LogP contribution in [0.2, 0.25) is 0 Å². The molecule has 0 saturated heterocycles. The van der Waals surface area contributed by atoms with E-state index >= 15 is 0 Å². The molecule has 4 rings (SSSR count). The average Bonchev–Trinajstić information content (AvgIpc) is 3.24. The molecule has 0 saturated carbocycles. The van der Waals surface area contributed by atoms with E-state index in [1.807, 2.05) is 66.6 Å². The van der Waals surface area contributed by atoms with Crippen LogP contribution in [0.15, 0.2) is 84.1 Å². The van der Waals surface area contributed by atoms with Crippen molar-refractivity contribution in [3.05, 3.63) is 102 Å². The molecule has 0 fully saturated rings. The molecule has 2 aliphatic heterocycles. The van der Waals surface area contributed by atoms with Gasteiger partial charge in [0.15, 0.2) is 5.95 Å². The molecule has 0 bridgehead atoms. The minimum atomic E-state index is -1.75. The average molecular weight is 647 g/mol. The van der Waals surface area contributed by atoms with Gasteiger partial charge in [-0.2, -0.15) is 4.39 Å². The summed E-state index contributed by atoms with van der Waals surface area (Å²) in [6.45, 7) is 18.8. The molecule has 0 atom stereocenters. The molecule has 1 N–H and O–H groups in total. The molecule has 0 aromatic heterocycles. The van der Waals surface area contributed by atoms with Crippen molar-refractivity contribution < 1.29 is 22.6 Å². The summed E-state index contributed by atoms with van der Waals surface area (Å²) >= 11 is -1.75. The van der Waals surface area contributed by atoms with Gasteiger partial charge in [-0.15, -0.1) is 6.67 Å². The fourth-order valence-electron chi connectivity index (χ4n) is 4.06. The van der Waals surface area contributed by atoms with Crippen LogP contribution in [0.5, 0.6) is 5.75 Å². The van der Waals surface area contributed by atoms with Crippen molar-refractivity contribution in [3.8, 4) is 5.75 Å². The number of allylic oxidation sites excluding steroid dienone is 3. The number of hydrogen-bond acceptors (Lipinski definition) is 2. The Bertz CT molecular complexity index is 1270. The van der Waals surface area contributed by atoms with Gasteiger partial charge in [-0.25, -0.2) is 0 Å². The van der Waals surface area contributed by atoms with Gasteiger partial charge >= 0.3 is 97.8 Å². The quantitative estimate of drug-likeness (QED) is 0.143. The van der Waals surface area contributed by atoms with E-state index in [9.17, 15) is 4.39 Å². The summed E-state index contributed by atoms with van der Waals surface area (Å²) in [4.78, 5) is 3.63. The number of aliphatic hydroxyl groups is 1. The van der Waals surface area contributed by atoms with Crippen LogP contribution in [0, 0.1) is 12.1 Å². The molecule has 208 valence electrons. The Morgan fingerprint density at radius 1 is 0.921 bits per heavy atom. The van der Waals surface area contributed by atoms with E-state index in [-0.39, 0.29) is 22.9 Å². The first kappa shape index (κ1) is 30.6. The van der Waals surface area contributed by atoms with Crippen molar-refractivity contribution >= 4 is 29.7 Å². The molecule has 0 spiro atoms. The molecular weight excluding hydrogens is 607 g/mol. The Kier molecular flexibility index (Phi) is 10.1. The third kappa shape index (κ3) is 8.04. The van der Waals surface area contributed by atoms with E-state index in [1.165, 1.54) is 5.56 Å². The van der Waals surface area contributed by atoms with Gasteiger partial charge in [0.2, 0.25) is 0 Å². The first-order valence-electron chi connectivity index (χ1n) is 12.6. The number of anilines is 1. The standard InChI is InChI=1S/C21H26FN2.C10H12O.2ClH.Ru/c1-20(2,3)15-11-16-13-23(14-24(16)19(22)12-15)18-10-8-7-9-17(18)21(4,5)6;1-8(2)11-10-7-5-4-6-9(10)3;;;/h7-14H,1-6H3;3-8H,1-2H3;2*1H;/q-1;;;;+2/p-1. The second-order valence-corrected chi connectivity index (χ2v) is 17.3. The number of ether oxygens (including phenoxy) is 1. The summed E-state index contributed by atoms with van der Waals surface area (Å²) in [6, 6.07) is 16.2. The summed E-state index contributed by atoms with van der Waals surface area (Å²) in [6.07, 6.45) is 5.99. The van der Waals surface area contributed by atoms with E-state index in [0.29, 0.717) is 0 Å². The first-order chi connectivity index (χ1) is 17.7. The fourth-order valence-corrected chi connectivity index (χ4v) is 5.88. The molecule has 0 amide bonds. The summed E-state index contributed by atoms with van der Waals surface area (Å²) in [5.74, 6) is 0.743. The topological polar surface area (TPSA) is 19.3 Å². The Labute approximate surface area is 241 Å². The van der Waals surface area contributed by atoms with Crippen LogP contribution in [0.4, 0.5) is 10.1 Å². The molecule has 0 unspecified atom stereocenters. The van der Waals surface area contributed by atoms with Crippen LogP contribution in [-0.2, 0) is 18.9 Å². The van der Waals surface area contributed by atoms with Gasteiger partial charge in [-0.3, -0.25) is 0 Å². The Hall–Kier alpha value is -1.94. The van der Waals surface area contributed by atoms with E-state index in [0.717, 1.165) is 28.3 Å². The predicted octanol–water partition coefficient (Wildman–Crippen LogP) is 9.28. The van der Waals surface area contributed by atoms with E-state index in [2.05, 4.69) is 70.6 Å². The second-order valence-electron chi connectivity index (χ2n) is 11.6. The van der Waals surface area contributed by atoms with Crippen molar-refractivity contribution in [2.24, 2.45) is 5.41 Å². The molecule has 2 aliphatic rings. The zero-order valence-electron chi connectivity index (χ0n) is 23.4. The number of rotatable bonds is 4. The van der Waals surface area contributed by atoms with Crippen molar-refractivity contribution in [1.82, 2.24) is 4.90 Å². The van der Waals surface area contributed by atoms with E-state index in [4.69, 9.17) is 19.4 Å². The molecular formula is C31H39Cl2FN2ORu. The third-order valence-corrected chi connectivity index (χ3v) is 7.81. The molecule has 2 aromatic rings. The molecule has 2 heterocycles. The van der Waals surface area contributed by atoms with Gasteiger partial charge in [-0.1, -0.05) is 59.7 Å². The van der Waals surface area contributed by atoms with Gasteiger partial charge in [0.1, 0.15) is 0 Å². The van der Waals surface area contributed by atoms with Gasteiger partial charge in [0.25, 0.3) is 0 Å². The number of para-hydroxylation sites is 2. The molecule has 0 radical (unpaired) electrons. The van der Waals surface area contributed by atoms with E-state index in [1.54, 1.807) is 11.0 Å². The second kappa shape index (κ2) is 12.5. The number of nitrogens with zero attached hydrogens (tertiary/aromatic N) is 2. The number of halogens is 3. The van der Waals surface area contributed by atoms with Crippen LogP contribution >= 0.6 is 19.4 Å². The van der Waals surface area contributed by atoms with Crippen molar-refractivity contribution in [2.75, 3.05) is 4.90 Å². The zero-order valence-corrected chi connectivity index (χ0v) is 26.7. The van der Waals surface area contributed by atoms with Gasteiger partial charge in [0, 0.05) is 11.4 Å². The normalized spacial score (nSPS) is 15.7. The van der Waals surface area contributed by atoms with Crippen LogP contribution in [-0.4, -0.2) is 20.4 Å². The predicted molar refractivity (Wildman–Crippen MR) is 159 cm³/mol. The Balaban J connectivity index is 0.000000244. The number of hydrogen-bond donors (Lipinski definition) is 0. The third-order valence-electron chi connectivity index (χ3n) is 5.97. The van der Waals surface area contributed by atoms with Gasteiger partial charge < -0.3 is 9.80 Å². The van der Waals surface area contributed by atoms with Crippen LogP contribution < -0.4 is 4.90 Å². The molecule has 7 heteroatoms. The summed E-state index contributed by atoms with van der Waals surface area (Å²) in [5.41, 5.74) is 5.18. The SMILES string of the molecule is CC(C)(C)C1=CC2=CN(c3ccccc3C(C)(C)C)[CH-]N2C(F)=C1.CC(C)[OH+]c1ccccc1[CH]=[Ru]([Cl])[Cl].